The van der Waals surface area contributed by atoms with Crippen molar-refractivity contribution in [1.29, 1.82) is 0 Å². The zero-order chi connectivity index (χ0) is 22.7. The van der Waals surface area contributed by atoms with Gasteiger partial charge in [0, 0.05) is 6.54 Å². The van der Waals surface area contributed by atoms with Gasteiger partial charge in [0.2, 0.25) is 10.0 Å². The van der Waals surface area contributed by atoms with Gasteiger partial charge in [-0.2, -0.15) is 4.31 Å². The zero-order valence-corrected chi connectivity index (χ0v) is 17.9. The van der Waals surface area contributed by atoms with Gasteiger partial charge in [0.1, 0.15) is 18.2 Å². The van der Waals surface area contributed by atoms with E-state index in [4.69, 9.17) is 4.74 Å². The van der Waals surface area contributed by atoms with Crippen LogP contribution in [0.15, 0.2) is 77.7 Å². The lowest BCUT2D eigenvalue weighted by molar-refractivity contribution is -0.146. The molecule has 32 heavy (non-hydrogen) atoms. The molecule has 1 aliphatic rings. The molecule has 3 aromatic rings. The molecule has 0 saturated heterocycles. The molecule has 5 nitrogen and oxygen atoms in total. The molecular formula is C24H21F2NO4S. The smallest absolute Gasteiger partial charge is 0.308 e. The first-order valence-electron chi connectivity index (χ1n) is 10.1. The van der Waals surface area contributed by atoms with Crippen molar-refractivity contribution in [2.24, 2.45) is 0 Å². The molecule has 0 unspecified atom stereocenters. The standard InChI is InChI=1S/C24H21F2NO4S/c25-19-7-5-17(6-8-19)16-31-24(28)15-23-22-4-2-1-3-18(22)13-14-27(23)32(29,30)21-11-9-20(26)10-12-21/h1-12,23H,13-16H2/t23-/m0/s1. The van der Waals surface area contributed by atoms with Gasteiger partial charge in [0.25, 0.3) is 0 Å². The van der Waals surface area contributed by atoms with Crippen molar-refractivity contribution in [1.82, 2.24) is 4.31 Å². The molecule has 1 heterocycles. The number of benzene rings is 3. The number of ether oxygens (including phenoxy) is 1. The Morgan fingerprint density at radius 3 is 2.25 bits per heavy atom. The molecule has 166 valence electrons. The Bertz CT molecular complexity index is 1210. The van der Waals surface area contributed by atoms with Gasteiger partial charge in [-0.05, 0) is 59.5 Å². The second-order valence-corrected chi connectivity index (χ2v) is 9.42. The van der Waals surface area contributed by atoms with Crippen LogP contribution in [-0.2, 0) is 32.6 Å². The molecule has 0 amide bonds. The van der Waals surface area contributed by atoms with E-state index in [1.807, 2.05) is 12.1 Å². The Labute approximate surface area is 185 Å². The third-order valence-electron chi connectivity index (χ3n) is 5.46. The summed E-state index contributed by atoms with van der Waals surface area (Å²) < 4.78 is 59.7. The van der Waals surface area contributed by atoms with E-state index in [-0.39, 0.29) is 30.3 Å². The number of carbonyl (C=O) groups is 1. The summed E-state index contributed by atoms with van der Waals surface area (Å²) in [5.74, 6) is -1.50. The van der Waals surface area contributed by atoms with Crippen LogP contribution >= 0.6 is 0 Å². The van der Waals surface area contributed by atoms with Crippen LogP contribution in [0.4, 0.5) is 8.78 Å². The average molecular weight is 457 g/mol. The van der Waals surface area contributed by atoms with Crippen LogP contribution in [0, 0.1) is 11.6 Å². The van der Waals surface area contributed by atoms with Gasteiger partial charge in [-0.25, -0.2) is 17.2 Å². The maximum Gasteiger partial charge on any atom is 0.308 e. The van der Waals surface area contributed by atoms with Crippen molar-refractivity contribution in [3.63, 3.8) is 0 Å². The second-order valence-electron chi connectivity index (χ2n) is 7.53. The first-order valence-corrected chi connectivity index (χ1v) is 11.5. The lowest BCUT2D eigenvalue weighted by Crippen LogP contribution is -2.41. The van der Waals surface area contributed by atoms with Gasteiger partial charge in [-0.3, -0.25) is 4.79 Å². The number of carbonyl (C=O) groups excluding carboxylic acids is 1. The normalized spacial score (nSPS) is 16.4. The van der Waals surface area contributed by atoms with Gasteiger partial charge in [-0.1, -0.05) is 36.4 Å². The van der Waals surface area contributed by atoms with Gasteiger partial charge in [0.05, 0.1) is 17.4 Å². The number of nitrogens with zero attached hydrogens (tertiary/aromatic N) is 1. The van der Waals surface area contributed by atoms with E-state index in [1.165, 1.54) is 40.7 Å². The number of sulfonamides is 1. The van der Waals surface area contributed by atoms with Crippen LogP contribution < -0.4 is 0 Å². The van der Waals surface area contributed by atoms with Gasteiger partial charge in [-0.15, -0.1) is 0 Å². The minimum atomic E-state index is -3.97. The lowest BCUT2D eigenvalue weighted by atomic mass is 9.92. The summed E-state index contributed by atoms with van der Waals surface area (Å²) in [5.41, 5.74) is 2.33. The third-order valence-corrected chi connectivity index (χ3v) is 7.38. The summed E-state index contributed by atoms with van der Waals surface area (Å²) >= 11 is 0. The summed E-state index contributed by atoms with van der Waals surface area (Å²) in [5, 5.41) is 0. The predicted octanol–water partition coefficient (Wildman–Crippen LogP) is 4.39. The Morgan fingerprint density at radius 2 is 1.56 bits per heavy atom. The number of hydrogen-bond donors (Lipinski definition) is 0. The van der Waals surface area contributed by atoms with Crippen molar-refractivity contribution in [2.45, 2.75) is 30.4 Å². The van der Waals surface area contributed by atoms with E-state index >= 15 is 0 Å². The number of hydrogen-bond acceptors (Lipinski definition) is 4. The molecular weight excluding hydrogens is 436 g/mol. The van der Waals surface area contributed by atoms with Gasteiger partial charge < -0.3 is 4.74 Å². The molecule has 0 fully saturated rings. The maximum atomic E-state index is 13.3. The Hall–Kier alpha value is -3.10. The largest absolute Gasteiger partial charge is 0.461 e. The van der Waals surface area contributed by atoms with E-state index < -0.39 is 27.9 Å². The van der Waals surface area contributed by atoms with Crippen LogP contribution in [-0.4, -0.2) is 25.2 Å². The van der Waals surface area contributed by atoms with Crippen LogP contribution in [0.5, 0.6) is 0 Å². The van der Waals surface area contributed by atoms with Crippen molar-refractivity contribution >= 4 is 16.0 Å². The summed E-state index contributed by atoms with van der Waals surface area (Å²) in [4.78, 5) is 12.6. The third kappa shape index (κ3) is 4.71. The molecule has 0 N–H and O–H groups in total. The highest BCUT2D eigenvalue weighted by Gasteiger charge is 2.37. The van der Waals surface area contributed by atoms with Crippen LogP contribution in [0.3, 0.4) is 0 Å². The summed E-state index contributed by atoms with van der Waals surface area (Å²) in [6.45, 7) is 0.144. The summed E-state index contributed by atoms with van der Waals surface area (Å²) in [7, 11) is -3.97. The summed E-state index contributed by atoms with van der Waals surface area (Å²) in [6, 6.07) is 16.8. The fraction of sp³-hybridized carbons (Fsp3) is 0.208. The van der Waals surface area contributed by atoms with Crippen molar-refractivity contribution in [3.8, 4) is 0 Å². The molecule has 0 radical (unpaired) electrons. The monoisotopic (exact) mass is 457 g/mol. The van der Waals surface area contributed by atoms with E-state index in [9.17, 15) is 22.0 Å². The van der Waals surface area contributed by atoms with E-state index in [2.05, 4.69) is 0 Å². The highest BCUT2D eigenvalue weighted by molar-refractivity contribution is 7.89. The molecule has 1 aliphatic heterocycles. The molecule has 8 heteroatoms. The van der Waals surface area contributed by atoms with Crippen molar-refractivity contribution in [3.05, 3.63) is 101 Å². The van der Waals surface area contributed by atoms with Crippen LogP contribution in [0.1, 0.15) is 29.2 Å². The number of fused-ring (bicyclic) bond motifs is 1. The highest BCUT2D eigenvalue weighted by atomic mass is 32.2. The van der Waals surface area contributed by atoms with Gasteiger partial charge in [0.15, 0.2) is 0 Å². The molecule has 1 atom stereocenters. The Kier molecular flexibility index (Phi) is 6.34. The molecule has 0 saturated carbocycles. The minimum Gasteiger partial charge on any atom is -0.461 e. The highest BCUT2D eigenvalue weighted by Crippen LogP contribution is 2.36. The SMILES string of the molecule is O=C(C[C@H]1c2ccccc2CCN1S(=O)(=O)c1ccc(F)cc1)OCc1ccc(F)cc1. The molecule has 4 rings (SSSR count). The Balaban J connectivity index is 1.58. The number of rotatable bonds is 6. The molecule has 0 aromatic heterocycles. The predicted molar refractivity (Wildman–Crippen MR) is 114 cm³/mol. The first kappa shape index (κ1) is 22.1. The minimum absolute atomic E-state index is 0.0389. The fourth-order valence-corrected chi connectivity index (χ4v) is 5.44. The lowest BCUT2D eigenvalue weighted by Gasteiger charge is -2.36. The number of esters is 1. The first-order chi connectivity index (χ1) is 15.3. The topological polar surface area (TPSA) is 63.7 Å². The second kappa shape index (κ2) is 9.18. The number of halogens is 2. The molecule has 3 aromatic carbocycles. The van der Waals surface area contributed by atoms with E-state index in [0.717, 1.165) is 23.3 Å². The average Bonchev–Trinajstić information content (AvgIpc) is 2.79. The quantitative estimate of drug-likeness (QED) is 0.515. The maximum absolute atomic E-state index is 13.3. The van der Waals surface area contributed by atoms with Crippen LogP contribution in [0.2, 0.25) is 0 Å². The van der Waals surface area contributed by atoms with Gasteiger partial charge >= 0.3 is 5.97 Å². The van der Waals surface area contributed by atoms with Crippen LogP contribution in [0.25, 0.3) is 0 Å². The molecule has 0 spiro atoms. The van der Waals surface area contributed by atoms with E-state index in [0.29, 0.717) is 12.0 Å². The Morgan fingerprint density at radius 1 is 0.938 bits per heavy atom. The summed E-state index contributed by atoms with van der Waals surface area (Å²) in [6.07, 6.45) is 0.316. The van der Waals surface area contributed by atoms with Crippen molar-refractivity contribution < 1.29 is 26.7 Å². The van der Waals surface area contributed by atoms with Crippen molar-refractivity contribution in [2.75, 3.05) is 6.54 Å². The molecule has 0 bridgehead atoms. The fourth-order valence-electron chi connectivity index (χ4n) is 3.83. The molecule has 0 aliphatic carbocycles. The zero-order valence-electron chi connectivity index (χ0n) is 17.1. The van der Waals surface area contributed by atoms with E-state index in [1.54, 1.807) is 12.1 Å².